The quantitative estimate of drug-likeness (QED) is 0.850. The van der Waals surface area contributed by atoms with Crippen LogP contribution in [0.1, 0.15) is 12.8 Å². The first-order chi connectivity index (χ1) is 11.7. The van der Waals surface area contributed by atoms with Crippen LogP contribution in [0.4, 0.5) is 10.5 Å². The first kappa shape index (κ1) is 16.6. The minimum atomic E-state index is -0.174. The Hall–Kier alpha value is -2.28. The van der Waals surface area contributed by atoms with E-state index in [2.05, 4.69) is 5.32 Å². The maximum absolute atomic E-state index is 12.6. The standard InChI is InChI=1S/C17H23N3O4/c1-23-15-7-3-2-6-14(15)20-9-8-19(17(20)22)12-16(21)18-11-13-5-4-10-24-13/h2-3,6-7,13H,4-5,8-12H2,1H3,(H,18,21). The molecule has 1 atom stereocenters. The molecule has 1 unspecified atom stereocenters. The van der Waals surface area contributed by atoms with Crippen molar-refractivity contribution >= 4 is 17.6 Å². The molecule has 2 aliphatic heterocycles. The lowest BCUT2D eigenvalue weighted by Crippen LogP contribution is -2.42. The number of nitrogens with one attached hydrogen (secondary N) is 1. The predicted molar refractivity (Wildman–Crippen MR) is 89.3 cm³/mol. The molecule has 1 aromatic carbocycles. The van der Waals surface area contributed by atoms with E-state index in [9.17, 15) is 9.59 Å². The third kappa shape index (κ3) is 3.62. The van der Waals surface area contributed by atoms with E-state index in [1.54, 1.807) is 16.9 Å². The molecule has 0 bridgehead atoms. The van der Waals surface area contributed by atoms with Gasteiger partial charge in [-0.15, -0.1) is 0 Å². The summed E-state index contributed by atoms with van der Waals surface area (Å²) in [5, 5.41) is 2.85. The number of anilines is 1. The van der Waals surface area contributed by atoms with E-state index < -0.39 is 0 Å². The molecule has 0 spiro atoms. The molecule has 2 fully saturated rings. The van der Waals surface area contributed by atoms with Crippen molar-refractivity contribution in [3.8, 4) is 5.75 Å². The number of urea groups is 1. The van der Waals surface area contributed by atoms with Gasteiger partial charge < -0.3 is 19.7 Å². The van der Waals surface area contributed by atoms with Crippen molar-refractivity contribution in [2.24, 2.45) is 0 Å². The largest absolute Gasteiger partial charge is 0.495 e. The van der Waals surface area contributed by atoms with E-state index in [0.29, 0.717) is 25.4 Å². The van der Waals surface area contributed by atoms with Gasteiger partial charge in [0.15, 0.2) is 0 Å². The lowest BCUT2D eigenvalue weighted by atomic mass is 10.2. The fourth-order valence-electron chi connectivity index (χ4n) is 3.07. The zero-order valence-corrected chi connectivity index (χ0v) is 13.9. The summed E-state index contributed by atoms with van der Waals surface area (Å²) in [5.74, 6) is 0.497. The summed E-state index contributed by atoms with van der Waals surface area (Å²) in [4.78, 5) is 27.8. The molecule has 0 aliphatic carbocycles. The summed E-state index contributed by atoms with van der Waals surface area (Å²) in [7, 11) is 1.58. The summed E-state index contributed by atoms with van der Waals surface area (Å²) in [6.07, 6.45) is 2.12. The first-order valence-electron chi connectivity index (χ1n) is 8.27. The van der Waals surface area contributed by atoms with Crippen LogP contribution in [0.3, 0.4) is 0 Å². The van der Waals surface area contributed by atoms with E-state index in [0.717, 1.165) is 25.1 Å². The Balaban J connectivity index is 1.54. The summed E-state index contributed by atoms with van der Waals surface area (Å²) < 4.78 is 10.8. The van der Waals surface area contributed by atoms with Crippen molar-refractivity contribution in [2.45, 2.75) is 18.9 Å². The van der Waals surface area contributed by atoms with Gasteiger partial charge in [-0.05, 0) is 25.0 Å². The van der Waals surface area contributed by atoms with Crippen LogP contribution in [-0.4, -0.2) is 62.8 Å². The summed E-state index contributed by atoms with van der Waals surface area (Å²) >= 11 is 0. The maximum Gasteiger partial charge on any atom is 0.325 e. The van der Waals surface area contributed by atoms with Crippen LogP contribution in [0.2, 0.25) is 0 Å². The first-order valence-corrected chi connectivity index (χ1v) is 8.27. The molecule has 130 valence electrons. The monoisotopic (exact) mass is 333 g/mol. The van der Waals surface area contributed by atoms with E-state index in [4.69, 9.17) is 9.47 Å². The van der Waals surface area contributed by atoms with Gasteiger partial charge in [0.1, 0.15) is 12.3 Å². The average molecular weight is 333 g/mol. The normalized spacial score (nSPS) is 20.5. The molecule has 2 saturated heterocycles. The zero-order valence-electron chi connectivity index (χ0n) is 13.9. The number of para-hydroxylation sites is 2. The van der Waals surface area contributed by atoms with Gasteiger partial charge >= 0.3 is 6.03 Å². The fourth-order valence-corrected chi connectivity index (χ4v) is 3.07. The highest BCUT2D eigenvalue weighted by molar-refractivity contribution is 5.97. The molecule has 0 saturated carbocycles. The minimum absolute atomic E-state index is 0.0667. The van der Waals surface area contributed by atoms with Crippen LogP contribution >= 0.6 is 0 Å². The molecule has 24 heavy (non-hydrogen) atoms. The Morgan fingerprint density at radius 2 is 2.21 bits per heavy atom. The number of amides is 3. The van der Waals surface area contributed by atoms with Gasteiger partial charge in [-0.3, -0.25) is 9.69 Å². The molecule has 7 nitrogen and oxygen atoms in total. The predicted octanol–water partition coefficient (Wildman–Crippen LogP) is 1.23. The topological polar surface area (TPSA) is 71.1 Å². The average Bonchev–Trinajstić information content (AvgIpc) is 3.24. The molecule has 3 amide bonds. The summed E-state index contributed by atoms with van der Waals surface area (Å²) in [6, 6.07) is 7.21. The number of hydrogen-bond donors (Lipinski definition) is 1. The van der Waals surface area contributed by atoms with E-state index >= 15 is 0 Å². The molecule has 3 rings (SSSR count). The van der Waals surface area contributed by atoms with Crippen LogP contribution in [0.25, 0.3) is 0 Å². The van der Waals surface area contributed by atoms with E-state index in [-0.39, 0.29) is 24.6 Å². The highest BCUT2D eigenvalue weighted by Gasteiger charge is 2.32. The van der Waals surface area contributed by atoms with Crippen molar-refractivity contribution in [3.05, 3.63) is 24.3 Å². The van der Waals surface area contributed by atoms with Gasteiger partial charge in [0.2, 0.25) is 5.91 Å². The van der Waals surface area contributed by atoms with Crippen LogP contribution in [-0.2, 0) is 9.53 Å². The van der Waals surface area contributed by atoms with Crippen molar-refractivity contribution in [2.75, 3.05) is 44.8 Å². The molecule has 0 radical (unpaired) electrons. The SMILES string of the molecule is COc1ccccc1N1CCN(CC(=O)NCC2CCCO2)C1=O. The summed E-state index contributed by atoms with van der Waals surface area (Å²) in [6.45, 7) is 2.40. The number of ether oxygens (including phenoxy) is 2. The van der Waals surface area contributed by atoms with Gasteiger partial charge in [0, 0.05) is 26.2 Å². The molecule has 7 heteroatoms. The molecule has 2 heterocycles. The lowest BCUT2D eigenvalue weighted by Gasteiger charge is -2.20. The second kappa shape index (κ2) is 7.53. The number of methoxy groups -OCH3 is 1. The van der Waals surface area contributed by atoms with Gasteiger partial charge in [-0.2, -0.15) is 0 Å². The zero-order chi connectivity index (χ0) is 16.9. The second-order valence-electron chi connectivity index (χ2n) is 5.97. The smallest absolute Gasteiger partial charge is 0.325 e. The molecule has 1 N–H and O–H groups in total. The molecule has 0 aromatic heterocycles. The highest BCUT2D eigenvalue weighted by atomic mass is 16.5. The third-order valence-corrected chi connectivity index (χ3v) is 4.36. The molecular weight excluding hydrogens is 310 g/mol. The third-order valence-electron chi connectivity index (χ3n) is 4.36. The van der Waals surface area contributed by atoms with Crippen molar-refractivity contribution in [3.63, 3.8) is 0 Å². The minimum Gasteiger partial charge on any atom is -0.495 e. The lowest BCUT2D eigenvalue weighted by molar-refractivity contribution is -0.122. The maximum atomic E-state index is 12.6. The van der Waals surface area contributed by atoms with Gasteiger partial charge in [0.25, 0.3) is 0 Å². The summed E-state index contributed by atoms with van der Waals surface area (Å²) in [5.41, 5.74) is 0.729. The van der Waals surface area contributed by atoms with Gasteiger partial charge in [-0.25, -0.2) is 4.79 Å². The number of rotatable bonds is 6. The highest BCUT2D eigenvalue weighted by Crippen LogP contribution is 2.30. The Kier molecular flexibility index (Phi) is 5.20. The molecular formula is C17H23N3O4. The number of benzene rings is 1. The van der Waals surface area contributed by atoms with E-state index in [1.807, 2.05) is 24.3 Å². The Morgan fingerprint density at radius 3 is 2.96 bits per heavy atom. The Labute approximate surface area is 141 Å². The number of carbonyl (C=O) groups is 2. The molecule has 1 aromatic rings. The van der Waals surface area contributed by atoms with Crippen LogP contribution in [0.15, 0.2) is 24.3 Å². The van der Waals surface area contributed by atoms with Gasteiger partial charge in [-0.1, -0.05) is 12.1 Å². The fraction of sp³-hybridized carbons (Fsp3) is 0.529. The second-order valence-corrected chi connectivity index (χ2v) is 5.97. The number of carbonyl (C=O) groups excluding carboxylic acids is 2. The van der Waals surface area contributed by atoms with Crippen LogP contribution < -0.4 is 15.0 Å². The number of nitrogens with zero attached hydrogens (tertiary/aromatic N) is 2. The molecule has 2 aliphatic rings. The number of hydrogen-bond acceptors (Lipinski definition) is 4. The van der Waals surface area contributed by atoms with Crippen molar-refractivity contribution in [1.29, 1.82) is 0 Å². The Morgan fingerprint density at radius 1 is 1.38 bits per heavy atom. The van der Waals surface area contributed by atoms with Gasteiger partial charge in [0.05, 0.1) is 18.9 Å². The van der Waals surface area contributed by atoms with E-state index in [1.165, 1.54) is 0 Å². The Bertz CT molecular complexity index is 601. The van der Waals surface area contributed by atoms with Crippen LogP contribution in [0.5, 0.6) is 5.75 Å². The van der Waals surface area contributed by atoms with Crippen LogP contribution in [0, 0.1) is 0 Å². The van der Waals surface area contributed by atoms with Crippen molar-refractivity contribution in [1.82, 2.24) is 10.2 Å². The van der Waals surface area contributed by atoms with Crippen molar-refractivity contribution < 1.29 is 19.1 Å².